The normalized spacial score (nSPS) is 15.3. The molecular weight excluding hydrogens is 252 g/mol. The second kappa shape index (κ2) is 7.04. The highest BCUT2D eigenvalue weighted by Gasteiger charge is 2.20. The fraction of sp³-hybridized carbons (Fsp3) is 0.688. The van der Waals surface area contributed by atoms with Gasteiger partial charge < -0.3 is 9.67 Å². The van der Waals surface area contributed by atoms with Crippen molar-refractivity contribution >= 4 is 0 Å². The third-order valence-corrected chi connectivity index (χ3v) is 4.23. The molecule has 0 bridgehead atoms. The Hall–Kier alpha value is -1.13. The predicted molar refractivity (Wildman–Crippen MR) is 80.8 cm³/mol. The minimum absolute atomic E-state index is 0.00676. The Labute approximate surface area is 121 Å². The second-order valence-corrected chi connectivity index (χ2v) is 5.58. The summed E-state index contributed by atoms with van der Waals surface area (Å²) in [4.78, 5) is 14.8. The molecule has 2 heterocycles. The van der Waals surface area contributed by atoms with Crippen LogP contribution in [-0.4, -0.2) is 27.7 Å². The topological polar surface area (TPSA) is 45.5 Å². The third kappa shape index (κ3) is 3.13. The van der Waals surface area contributed by atoms with Crippen molar-refractivity contribution < 1.29 is 5.11 Å². The summed E-state index contributed by atoms with van der Waals surface area (Å²) < 4.78 is 1.92. The van der Waals surface area contributed by atoms with E-state index in [0.29, 0.717) is 5.56 Å². The van der Waals surface area contributed by atoms with Crippen LogP contribution in [0.15, 0.2) is 10.9 Å². The second-order valence-electron chi connectivity index (χ2n) is 5.58. The summed E-state index contributed by atoms with van der Waals surface area (Å²) in [7, 11) is 0. The van der Waals surface area contributed by atoms with Crippen LogP contribution in [0.25, 0.3) is 0 Å². The van der Waals surface area contributed by atoms with E-state index >= 15 is 0 Å². The van der Waals surface area contributed by atoms with Gasteiger partial charge >= 0.3 is 0 Å². The Morgan fingerprint density at radius 2 is 2.10 bits per heavy atom. The molecule has 1 N–H and O–H groups in total. The van der Waals surface area contributed by atoms with E-state index < -0.39 is 0 Å². The number of unbranched alkanes of at least 4 members (excludes halogenated alkanes) is 2. The standard InChI is InChI=1S/C16H26N2O2/c1-3-5-6-8-18-15-7-9-17(4-2)11-13(15)10-14(12-19)16(18)20/h10,19H,3-9,11-12H2,1-2H3. The first-order chi connectivity index (χ1) is 9.71. The monoisotopic (exact) mass is 278 g/mol. The molecule has 1 aromatic rings. The van der Waals surface area contributed by atoms with Crippen LogP contribution in [-0.2, 0) is 26.1 Å². The molecule has 0 saturated heterocycles. The lowest BCUT2D eigenvalue weighted by atomic mass is 10.0. The van der Waals surface area contributed by atoms with Gasteiger partial charge in [0.1, 0.15) is 0 Å². The Balaban J connectivity index is 2.35. The lowest BCUT2D eigenvalue weighted by Gasteiger charge is -2.30. The van der Waals surface area contributed by atoms with Crippen LogP contribution in [0.2, 0.25) is 0 Å². The molecule has 0 aromatic carbocycles. The molecule has 0 spiro atoms. The predicted octanol–water partition coefficient (Wildman–Crippen LogP) is 1.91. The van der Waals surface area contributed by atoms with Gasteiger partial charge in [0.15, 0.2) is 0 Å². The first-order valence-electron chi connectivity index (χ1n) is 7.78. The quantitative estimate of drug-likeness (QED) is 0.809. The zero-order valence-electron chi connectivity index (χ0n) is 12.7. The van der Waals surface area contributed by atoms with E-state index in [2.05, 4.69) is 18.7 Å². The highest BCUT2D eigenvalue weighted by molar-refractivity contribution is 5.28. The Morgan fingerprint density at radius 3 is 2.75 bits per heavy atom. The van der Waals surface area contributed by atoms with Gasteiger partial charge in [-0.15, -0.1) is 0 Å². The maximum Gasteiger partial charge on any atom is 0.256 e. The molecule has 1 aliphatic heterocycles. The molecule has 20 heavy (non-hydrogen) atoms. The number of pyridine rings is 1. The third-order valence-electron chi connectivity index (χ3n) is 4.23. The molecule has 4 heteroatoms. The molecule has 0 atom stereocenters. The summed E-state index contributed by atoms with van der Waals surface area (Å²) in [5.41, 5.74) is 2.96. The number of nitrogens with zero attached hydrogens (tertiary/aromatic N) is 2. The summed E-state index contributed by atoms with van der Waals surface area (Å²) in [6.07, 6.45) is 4.28. The summed E-state index contributed by atoms with van der Waals surface area (Å²) >= 11 is 0. The van der Waals surface area contributed by atoms with E-state index in [4.69, 9.17) is 0 Å². The van der Waals surface area contributed by atoms with E-state index in [1.165, 1.54) is 11.3 Å². The number of aliphatic hydroxyl groups excluding tert-OH is 1. The Bertz CT molecular complexity index is 508. The van der Waals surface area contributed by atoms with Gasteiger partial charge in [-0.25, -0.2) is 0 Å². The number of aromatic nitrogens is 1. The maximum atomic E-state index is 12.4. The SMILES string of the molecule is CCCCCn1c2c(cc(CO)c1=O)CN(CC)CC2. The molecule has 0 unspecified atom stereocenters. The first-order valence-corrected chi connectivity index (χ1v) is 7.78. The van der Waals surface area contributed by atoms with Gasteiger partial charge in [-0.1, -0.05) is 26.7 Å². The zero-order chi connectivity index (χ0) is 14.5. The molecule has 1 aromatic heterocycles. The summed E-state index contributed by atoms with van der Waals surface area (Å²) in [5, 5.41) is 9.41. The van der Waals surface area contributed by atoms with Crippen LogP contribution >= 0.6 is 0 Å². The molecule has 0 fully saturated rings. The number of fused-ring (bicyclic) bond motifs is 1. The zero-order valence-corrected chi connectivity index (χ0v) is 12.7. The lowest BCUT2D eigenvalue weighted by Crippen LogP contribution is -2.37. The minimum Gasteiger partial charge on any atom is -0.391 e. The van der Waals surface area contributed by atoms with Crippen molar-refractivity contribution in [3.8, 4) is 0 Å². The van der Waals surface area contributed by atoms with Gasteiger partial charge in [-0.3, -0.25) is 9.69 Å². The number of hydrogen-bond acceptors (Lipinski definition) is 3. The number of aliphatic hydroxyl groups is 1. The molecule has 0 saturated carbocycles. The lowest BCUT2D eigenvalue weighted by molar-refractivity contribution is 0.256. The van der Waals surface area contributed by atoms with Crippen LogP contribution in [0.1, 0.15) is 49.9 Å². The summed E-state index contributed by atoms with van der Waals surface area (Å²) in [6.45, 7) is 7.91. The molecule has 4 nitrogen and oxygen atoms in total. The van der Waals surface area contributed by atoms with Gasteiger partial charge in [-0.2, -0.15) is 0 Å². The molecule has 2 rings (SSSR count). The van der Waals surface area contributed by atoms with Gasteiger partial charge in [0.2, 0.25) is 0 Å². The number of hydrogen-bond donors (Lipinski definition) is 1. The van der Waals surface area contributed by atoms with E-state index in [-0.39, 0.29) is 12.2 Å². The van der Waals surface area contributed by atoms with Gasteiger partial charge in [-0.05, 0) is 24.6 Å². The molecule has 112 valence electrons. The maximum absolute atomic E-state index is 12.4. The molecule has 0 aliphatic carbocycles. The highest BCUT2D eigenvalue weighted by Crippen LogP contribution is 2.19. The molecule has 0 radical (unpaired) electrons. The average Bonchev–Trinajstić information content (AvgIpc) is 2.48. The van der Waals surface area contributed by atoms with Crippen molar-refractivity contribution in [3.05, 3.63) is 33.2 Å². The van der Waals surface area contributed by atoms with Crippen LogP contribution in [0, 0.1) is 0 Å². The fourth-order valence-corrected chi connectivity index (χ4v) is 2.98. The van der Waals surface area contributed by atoms with Crippen molar-refractivity contribution in [1.82, 2.24) is 9.47 Å². The Kier molecular flexibility index (Phi) is 5.38. The Morgan fingerprint density at radius 1 is 1.30 bits per heavy atom. The number of rotatable bonds is 6. The minimum atomic E-state index is -0.161. The van der Waals surface area contributed by atoms with Crippen LogP contribution in [0.3, 0.4) is 0 Å². The van der Waals surface area contributed by atoms with E-state index in [1.807, 2.05) is 10.6 Å². The first kappa shape index (κ1) is 15.3. The van der Waals surface area contributed by atoms with Crippen molar-refractivity contribution in [1.29, 1.82) is 0 Å². The van der Waals surface area contributed by atoms with Crippen molar-refractivity contribution in [2.45, 2.75) is 59.2 Å². The molecule has 0 amide bonds. The summed E-state index contributed by atoms with van der Waals surface area (Å²) in [5.74, 6) is 0. The van der Waals surface area contributed by atoms with Gasteiger partial charge in [0, 0.05) is 37.3 Å². The molecular formula is C16H26N2O2. The van der Waals surface area contributed by atoms with Crippen LogP contribution in [0.5, 0.6) is 0 Å². The van der Waals surface area contributed by atoms with Crippen molar-refractivity contribution in [3.63, 3.8) is 0 Å². The van der Waals surface area contributed by atoms with Crippen molar-refractivity contribution in [2.24, 2.45) is 0 Å². The highest BCUT2D eigenvalue weighted by atomic mass is 16.3. The largest absolute Gasteiger partial charge is 0.391 e. The van der Waals surface area contributed by atoms with E-state index in [9.17, 15) is 9.90 Å². The van der Waals surface area contributed by atoms with Gasteiger partial charge in [0.25, 0.3) is 5.56 Å². The average molecular weight is 278 g/mol. The fourth-order valence-electron chi connectivity index (χ4n) is 2.98. The van der Waals surface area contributed by atoms with Crippen LogP contribution in [0.4, 0.5) is 0 Å². The molecule has 1 aliphatic rings. The van der Waals surface area contributed by atoms with Crippen molar-refractivity contribution in [2.75, 3.05) is 13.1 Å². The summed E-state index contributed by atoms with van der Waals surface area (Å²) in [6, 6.07) is 1.91. The van der Waals surface area contributed by atoms with Gasteiger partial charge in [0.05, 0.1) is 6.61 Å². The smallest absolute Gasteiger partial charge is 0.256 e. The van der Waals surface area contributed by atoms with E-state index in [1.54, 1.807) is 0 Å². The van der Waals surface area contributed by atoms with Crippen LogP contribution < -0.4 is 5.56 Å². The van der Waals surface area contributed by atoms with E-state index in [0.717, 1.165) is 51.9 Å². The number of likely N-dealkylation sites (N-methyl/N-ethyl adjacent to an activating group) is 1.